The van der Waals surface area contributed by atoms with Crippen LogP contribution in [0.4, 0.5) is 0 Å². The molecule has 1 atom stereocenters. The van der Waals surface area contributed by atoms with E-state index in [2.05, 4.69) is 37.7 Å². The maximum Gasteiger partial charge on any atom is 0.248 e. The number of aryl methyl sites for hydroxylation is 1. The molecule has 154 valence electrons. The smallest absolute Gasteiger partial charge is 0.248 e. The first kappa shape index (κ1) is 19.9. The molecule has 0 bridgehead atoms. The van der Waals surface area contributed by atoms with E-state index in [9.17, 15) is 4.79 Å². The van der Waals surface area contributed by atoms with Crippen LogP contribution in [0.1, 0.15) is 50.4 Å². The highest BCUT2D eigenvalue weighted by Crippen LogP contribution is 2.35. The Kier molecular flexibility index (Phi) is 5.84. The van der Waals surface area contributed by atoms with E-state index >= 15 is 0 Å². The largest absolute Gasteiger partial charge is 0.344 e. The Hall–Kier alpha value is -2.42. The first-order valence-electron chi connectivity index (χ1n) is 10.1. The lowest BCUT2D eigenvalue weighted by atomic mass is 9.80. The van der Waals surface area contributed by atoms with E-state index in [0.29, 0.717) is 0 Å². The van der Waals surface area contributed by atoms with Crippen molar-refractivity contribution in [2.75, 3.05) is 12.0 Å². The Morgan fingerprint density at radius 3 is 2.76 bits per heavy atom. The molecule has 0 spiro atoms. The zero-order chi connectivity index (χ0) is 20.3. The summed E-state index contributed by atoms with van der Waals surface area (Å²) in [5.41, 5.74) is 1.30. The number of thioether (sulfide) groups is 1. The summed E-state index contributed by atoms with van der Waals surface area (Å²) >= 11 is 1.77. The van der Waals surface area contributed by atoms with Crippen molar-refractivity contribution in [3.63, 3.8) is 0 Å². The molecule has 29 heavy (non-hydrogen) atoms. The number of aromatic nitrogens is 6. The van der Waals surface area contributed by atoms with Crippen LogP contribution in [0.2, 0.25) is 0 Å². The van der Waals surface area contributed by atoms with Crippen LogP contribution in [0.25, 0.3) is 11.0 Å². The number of carbonyl (C=O) groups excluding carboxylic acids is 1. The quantitative estimate of drug-likeness (QED) is 0.640. The summed E-state index contributed by atoms with van der Waals surface area (Å²) in [5, 5.41) is 15.0. The van der Waals surface area contributed by atoms with Crippen molar-refractivity contribution in [2.45, 2.75) is 50.1 Å². The number of tetrazole rings is 1. The topological polar surface area (TPSA) is 90.5 Å². The van der Waals surface area contributed by atoms with E-state index in [1.807, 2.05) is 25.2 Å². The first-order valence-corrected chi connectivity index (χ1v) is 11.5. The third-order valence-electron chi connectivity index (χ3n) is 5.94. The molecule has 0 aliphatic heterocycles. The van der Waals surface area contributed by atoms with Gasteiger partial charge in [-0.15, -0.1) is 5.10 Å². The number of nitrogens with zero attached hydrogens (tertiary/aromatic N) is 6. The molecule has 0 unspecified atom stereocenters. The van der Waals surface area contributed by atoms with Gasteiger partial charge in [0.2, 0.25) is 5.91 Å². The summed E-state index contributed by atoms with van der Waals surface area (Å²) in [4.78, 5) is 18.5. The molecule has 3 aromatic rings. The van der Waals surface area contributed by atoms with Crippen LogP contribution in [0.5, 0.6) is 0 Å². The number of hydrogen-bond donors (Lipinski definition) is 1. The third kappa shape index (κ3) is 3.75. The highest BCUT2D eigenvalue weighted by atomic mass is 32.2. The second-order valence-corrected chi connectivity index (χ2v) is 8.66. The Bertz CT molecular complexity index is 963. The van der Waals surface area contributed by atoms with Crippen LogP contribution in [0, 0.1) is 0 Å². The number of amides is 1. The Morgan fingerprint density at radius 1 is 1.28 bits per heavy atom. The van der Waals surface area contributed by atoms with Gasteiger partial charge in [-0.3, -0.25) is 4.79 Å². The number of imidazole rings is 1. The molecule has 1 aromatic carbocycles. The number of carbonyl (C=O) groups is 1. The molecule has 1 aliphatic carbocycles. The Morgan fingerprint density at radius 2 is 2.07 bits per heavy atom. The van der Waals surface area contributed by atoms with Gasteiger partial charge in [0.25, 0.3) is 0 Å². The van der Waals surface area contributed by atoms with Gasteiger partial charge in [-0.2, -0.15) is 11.8 Å². The maximum atomic E-state index is 13.6. The molecule has 9 heteroatoms. The molecule has 4 rings (SSSR count). The molecule has 1 N–H and O–H groups in total. The van der Waals surface area contributed by atoms with Gasteiger partial charge >= 0.3 is 0 Å². The molecular weight excluding hydrogens is 386 g/mol. The molecule has 1 aliphatic rings. The molecule has 1 amide bonds. The van der Waals surface area contributed by atoms with Crippen molar-refractivity contribution in [1.82, 2.24) is 35.1 Å². The molecule has 2 aromatic heterocycles. The van der Waals surface area contributed by atoms with Crippen molar-refractivity contribution >= 4 is 28.7 Å². The summed E-state index contributed by atoms with van der Waals surface area (Å²) in [5.74, 6) is 1.81. The maximum absolute atomic E-state index is 13.6. The zero-order valence-corrected chi connectivity index (χ0v) is 17.7. The van der Waals surface area contributed by atoms with Gasteiger partial charge in [0.1, 0.15) is 17.7 Å². The minimum atomic E-state index is -0.718. The fraction of sp³-hybridized carbons (Fsp3) is 0.550. The lowest BCUT2D eigenvalue weighted by molar-refractivity contribution is -0.133. The molecule has 1 saturated carbocycles. The highest BCUT2D eigenvalue weighted by Gasteiger charge is 2.43. The van der Waals surface area contributed by atoms with Gasteiger partial charge in [-0.1, -0.05) is 31.4 Å². The summed E-state index contributed by atoms with van der Waals surface area (Å²) in [7, 11) is 2.01. The van der Waals surface area contributed by atoms with Gasteiger partial charge in [-0.05, 0) is 53.8 Å². The van der Waals surface area contributed by atoms with Crippen LogP contribution in [-0.4, -0.2) is 47.7 Å². The second kappa shape index (κ2) is 8.52. The minimum Gasteiger partial charge on any atom is -0.344 e. The summed E-state index contributed by atoms with van der Waals surface area (Å²) < 4.78 is 3.74. The molecule has 8 nitrogen and oxygen atoms in total. The van der Waals surface area contributed by atoms with Gasteiger partial charge in [0.05, 0.1) is 17.1 Å². The van der Waals surface area contributed by atoms with Gasteiger partial charge in [-0.25, -0.2) is 9.67 Å². The number of rotatable bonds is 7. The zero-order valence-electron chi connectivity index (χ0n) is 16.9. The van der Waals surface area contributed by atoms with Crippen LogP contribution >= 0.6 is 11.8 Å². The number of benzene rings is 1. The number of fused-ring (bicyclic) bond motifs is 1. The predicted octanol–water partition coefficient (Wildman–Crippen LogP) is 2.83. The molecular formula is C20H27N7OS. The van der Waals surface area contributed by atoms with Gasteiger partial charge < -0.3 is 9.88 Å². The number of nitrogens with one attached hydrogen (secondary N) is 1. The first-order chi connectivity index (χ1) is 14.2. The van der Waals surface area contributed by atoms with E-state index < -0.39 is 5.54 Å². The highest BCUT2D eigenvalue weighted by molar-refractivity contribution is 7.98. The number of hydrogen-bond acceptors (Lipinski definition) is 6. The van der Waals surface area contributed by atoms with Crippen LogP contribution in [-0.2, 0) is 17.4 Å². The lowest BCUT2D eigenvalue weighted by Crippen LogP contribution is -2.51. The van der Waals surface area contributed by atoms with E-state index in [1.54, 1.807) is 22.8 Å². The van der Waals surface area contributed by atoms with Crippen LogP contribution < -0.4 is 5.32 Å². The summed E-state index contributed by atoms with van der Waals surface area (Å²) in [6, 6.07) is 7.91. The molecule has 1 fully saturated rings. The van der Waals surface area contributed by atoms with Crippen molar-refractivity contribution in [3.8, 4) is 0 Å². The fourth-order valence-electron chi connectivity index (χ4n) is 4.32. The monoisotopic (exact) mass is 413 g/mol. The van der Waals surface area contributed by atoms with E-state index in [0.717, 1.165) is 61.1 Å². The average Bonchev–Trinajstić information content (AvgIpc) is 3.41. The average molecular weight is 414 g/mol. The van der Waals surface area contributed by atoms with Crippen LogP contribution in [0.15, 0.2) is 30.6 Å². The van der Waals surface area contributed by atoms with Crippen molar-refractivity contribution in [3.05, 3.63) is 36.4 Å². The fourth-order valence-corrected chi connectivity index (χ4v) is 4.80. The minimum absolute atomic E-state index is 0.0114. The van der Waals surface area contributed by atoms with Crippen LogP contribution in [0.3, 0.4) is 0 Å². The predicted molar refractivity (Wildman–Crippen MR) is 113 cm³/mol. The third-order valence-corrected chi connectivity index (χ3v) is 6.58. The lowest BCUT2D eigenvalue weighted by Gasteiger charge is -2.36. The van der Waals surface area contributed by atoms with Crippen molar-refractivity contribution in [2.24, 2.45) is 7.05 Å². The molecule has 0 radical (unpaired) electrons. The van der Waals surface area contributed by atoms with E-state index in [-0.39, 0.29) is 11.9 Å². The summed E-state index contributed by atoms with van der Waals surface area (Å²) in [6.45, 7) is 0. The SMILES string of the molecule is CSCC[C@H](NC(=O)C1(n2cnnn2)CCCCC1)c1nc2ccccc2n1C. The van der Waals surface area contributed by atoms with E-state index in [1.165, 1.54) is 0 Å². The standard InChI is InChI=1S/C20H27N7OS/c1-26-17-9-5-4-8-15(17)22-18(26)16(10-13-29-2)23-19(28)20(11-6-3-7-12-20)27-14-21-24-25-27/h4-5,8-9,14,16H,3,6-7,10-13H2,1-2H3,(H,23,28)/t16-/m0/s1. The molecule has 0 saturated heterocycles. The Balaban J connectivity index is 1.66. The van der Waals surface area contributed by atoms with Gasteiger partial charge in [0, 0.05) is 7.05 Å². The summed E-state index contributed by atoms with van der Waals surface area (Å²) in [6.07, 6.45) is 9.09. The Labute approximate surface area is 174 Å². The molecule has 2 heterocycles. The number of para-hydroxylation sites is 2. The van der Waals surface area contributed by atoms with Crippen molar-refractivity contribution < 1.29 is 4.79 Å². The van der Waals surface area contributed by atoms with Crippen molar-refractivity contribution in [1.29, 1.82) is 0 Å². The van der Waals surface area contributed by atoms with Gasteiger partial charge in [0.15, 0.2) is 0 Å². The second-order valence-electron chi connectivity index (χ2n) is 7.67. The van der Waals surface area contributed by atoms with E-state index in [4.69, 9.17) is 4.98 Å². The normalized spacial score (nSPS) is 17.3.